The Morgan fingerprint density at radius 3 is 2.59 bits per heavy atom. The van der Waals surface area contributed by atoms with E-state index in [9.17, 15) is 9.18 Å². The number of aryl methyl sites for hydroxylation is 1. The number of halogens is 1. The van der Waals surface area contributed by atoms with Crippen LogP contribution in [-0.2, 0) is 7.05 Å². The van der Waals surface area contributed by atoms with Gasteiger partial charge in [0.25, 0.3) is 0 Å². The van der Waals surface area contributed by atoms with Crippen molar-refractivity contribution in [2.24, 2.45) is 7.05 Å². The molecule has 0 atom stereocenters. The maximum absolute atomic E-state index is 12.8. The highest BCUT2D eigenvalue weighted by molar-refractivity contribution is 5.40. The molecule has 1 aromatic heterocycles. The highest BCUT2D eigenvalue weighted by atomic mass is 19.1. The average Bonchev–Trinajstić information content (AvgIpc) is 2.57. The molecule has 1 aromatic carbocycles. The van der Waals surface area contributed by atoms with Gasteiger partial charge in [0.15, 0.2) is 0 Å². The van der Waals surface area contributed by atoms with E-state index in [2.05, 4.69) is 10.4 Å². The normalized spacial score (nSPS) is 10.5. The van der Waals surface area contributed by atoms with Crippen LogP contribution in [0.1, 0.15) is 6.92 Å². The Morgan fingerprint density at radius 2 is 2.00 bits per heavy atom. The minimum absolute atomic E-state index is 0.271. The van der Waals surface area contributed by atoms with Crippen LogP contribution in [0.2, 0.25) is 0 Å². The van der Waals surface area contributed by atoms with Gasteiger partial charge in [-0.1, -0.05) is 0 Å². The molecule has 0 spiro atoms. The fraction of sp³-hybridized carbons (Fsp3) is 0.273. The maximum Gasteiger partial charge on any atom is 0.351 e. The van der Waals surface area contributed by atoms with Crippen molar-refractivity contribution in [3.05, 3.63) is 40.6 Å². The first-order chi connectivity index (χ1) is 8.13. The minimum atomic E-state index is -0.337. The topological polar surface area (TPSA) is 51.9 Å². The molecule has 2 rings (SSSR count). The van der Waals surface area contributed by atoms with Gasteiger partial charge in [-0.25, -0.2) is 18.4 Å². The second-order valence-corrected chi connectivity index (χ2v) is 3.57. The standard InChI is InChI=1S/C11H13FN4O/c1-3-13-10-14-15(2)11(17)16(10)9-6-4-8(12)5-7-9/h4-7H,3H2,1-2H3,(H,13,14). The Hall–Kier alpha value is -2.11. The maximum atomic E-state index is 12.8. The molecule has 0 aliphatic rings. The number of hydrogen-bond donors (Lipinski definition) is 1. The number of benzene rings is 1. The van der Waals surface area contributed by atoms with E-state index >= 15 is 0 Å². The summed E-state index contributed by atoms with van der Waals surface area (Å²) < 4.78 is 15.5. The van der Waals surface area contributed by atoms with Gasteiger partial charge in [0.1, 0.15) is 5.82 Å². The smallest absolute Gasteiger partial charge is 0.351 e. The summed E-state index contributed by atoms with van der Waals surface area (Å²) in [6, 6.07) is 5.70. The Labute approximate surface area is 97.5 Å². The van der Waals surface area contributed by atoms with Crippen molar-refractivity contribution in [3.8, 4) is 5.69 Å². The van der Waals surface area contributed by atoms with Gasteiger partial charge in [-0.05, 0) is 31.2 Å². The van der Waals surface area contributed by atoms with Crippen LogP contribution in [0.3, 0.4) is 0 Å². The summed E-state index contributed by atoms with van der Waals surface area (Å²) in [5.74, 6) is 0.113. The van der Waals surface area contributed by atoms with E-state index in [-0.39, 0.29) is 11.5 Å². The number of aromatic nitrogens is 3. The molecule has 17 heavy (non-hydrogen) atoms. The summed E-state index contributed by atoms with van der Waals surface area (Å²) in [6.07, 6.45) is 0. The van der Waals surface area contributed by atoms with Crippen LogP contribution >= 0.6 is 0 Å². The molecule has 0 radical (unpaired) electrons. The first-order valence-electron chi connectivity index (χ1n) is 5.29. The summed E-state index contributed by atoms with van der Waals surface area (Å²) in [5.41, 5.74) is 0.313. The lowest BCUT2D eigenvalue weighted by atomic mass is 10.3. The van der Waals surface area contributed by atoms with Crippen molar-refractivity contribution < 1.29 is 4.39 Å². The molecule has 0 saturated heterocycles. The Kier molecular flexibility index (Phi) is 2.95. The van der Waals surface area contributed by atoms with Gasteiger partial charge < -0.3 is 5.32 Å². The largest absolute Gasteiger partial charge is 0.354 e. The summed E-state index contributed by atoms with van der Waals surface area (Å²) in [5, 5.41) is 7.05. The van der Waals surface area contributed by atoms with E-state index in [0.29, 0.717) is 18.2 Å². The van der Waals surface area contributed by atoms with Gasteiger partial charge in [-0.3, -0.25) is 0 Å². The zero-order chi connectivity index (χ0) is 12.4. The second kappa shape index (κ2) is 4.40. The van der Waals surface area contributed by atoms with Crippen LogP contribution in [0, 0.1) is 5.82 Å². The zero-order valence-corrected chi connectivity index (χ0v) is 9.64. The molecule has 5 nitrogen and oxygen atoms in total. The van der Waals surface area contributed by atoms with Gasteiger partial charge in [-0.15, -0.1) is 5.10 Å². The number of hydrogen-bond acceptors (Lipinski definition) is 3. The molecule has 1 N–H and O–H groups in total. The molecular weight excluding hydrogens is 223 g/mol. The summed E-state index contributed by atoms with van der Waals surface area (Å²) in [4.78, 5) is 11.9. The van der Waals surface area contributed by atoms with E-state index in [0.717, 1.165) is 0 Å². The number of anilines is 1. The second-order valence-electron chi connectivity index (χ2n) is 3.57. The molecule has 0 unspecified atom stereocenters. The average molecular weight is 236 g/mol. The van der Waals surface area contributed by atoms with E-state index in [1.165, 1.54) is 21.4 Å². The fourth-order valence-corrected chi connectivity index (χ4v) is 1.56. The molecule has 1 heterocycles. The van der Waals surface area contributed by atoms with Gasteiger partial charge in [0.2, 0.25) is 5.95 Å². The quantitative estimate of drug-likeness (QED) is 0.869. The lowest BCUT2D eigenvalue weighted by Crippen LogP contribution is -2.22. The van der Waals surface area contributed by atoms with Crippen LogP contribution in [-0.4, -0.2) is 20.9 Å². The third-order valence-electron chi connectivity index (χ3n) is 2.34. The third kappa shape index (κ3) is 2.06. The van der Waals surface area contributed by atoms with Crippen LogP contribution in [0.4, 0.5) is 10.3 Å². The number of nitrogens with zero attached hydrogens (tertiary/aromatic N) is 3. The molecule has 0 aliphatic heterocycles. The summed E-state index contributed by atoms with van der Waals surface area (Å²) in [6.45, 7) is 2.56. The van der Waals surface area contributed by atoms with Crippen molar-refractivity contribution in [1.29, 1.82) is 0 Å². The third-order valence-corrected chi connectivity index (χ3v) is 2.34. The molecule has 0 amide bonds. The highest BCUT2D eigenvalue weighted by Gasteiger charge is 2.11. The Balaban J connectivity index is 2.57. The zero-order valence-electron chi connectivity index (χ0n) is 9.64. The number of nitrogens with one attached hydrogen (secondary N) is 1. The fourth-order valence-electron chi connectivity index (χ4n) is 1.56. The number of rotatable bonds is 3. The molecule has 6 heteroatoms. The summed E-state index contributed by atoms with van der Waals surface area (Å²) >= 11 is 0. The predicted molar refractivity (Wildman–Crippen MR) is 62.9 cm³/mol. The van der Waals surface area contributed by atoms with Crippen molar-refractivity contribution in [2.45, 2.75) is 6.92 Å². The van der Waals surface area contributed by atoms with Crippen molar-refractivity contribution in [2.75, 3.05) is 11.9 Å². The summed E-state index contributed by atoms with van der Waals surface area (Å²) in [7, 11) is 1.57. The predicted octanol–water partition coefficient (Wildman–Crippen LogP) is 1.14. The molecule has 0 aliphatic carbocycles. The van der Waals surface area contributed by atoms with Gasteiger partial charge in [-0.2, -0.15) is 0 Å². The van der Waals surface area contributed by atoms with Crippen molar-refractivity contribution in [1.82, 2.24) is 14.3 Å². The first-order valence-corrected chi connectivity index (χ1v) is 5.29. The van der Waals surface area contributed by atoms with E-state index in [1.54, 1.807) is 19.2 Å². The van der Waals surface area contributed by atoms with Crippen LogP contribution < -0.4 is 11.0 Å². The monoisotopic (exact) mass is 236 g/mol. The molecular formula is C11H13FN4O. The van der Waals surface area contributed by atoms with Gasteiger partial charge in [0.05, 0.1) is 5.69 Å². The van der Waals surface area contributed by atoms with Gasteiger partial charge in [0, 0.05) is 13.6 Å². The Morgan fingerprint density at radius 1 is 1.35 bits per heavy atom. The van der Waals surface area contributed by atoms with Crippen LogP contribution in [0.5, 0.6) is 0 Å². The molecule has 90 valence electrons. The molecule has 0 fully saturated rings. The van der Waals surface area contributed by atoms with Crippen molar-refractivity contribution in [3.63, 3.8) is 0 Å². The lowest BCUT2D eigenvalue weighted by molar-refractivity contribution is 0.627. The van der Waals surface area contributed by atoms with E-state index < -0.39 is 0 Å². The molecule has 0 saturated carbocycles. The van der Waals surface area contributed by atoms with Crippen LogP contribution in [0.15, 0.2) is 29.1 Å². The van der Waals surface area contributed by atoms with Crippen LogP contribution in [0.25, 0.3) is 5.69 Å². The Bertz CT molecular complexity index is 570. The van der Waals surface area contributed by atoms with E-state index in [1.807, 2.05) is 6.92 Å². The lowest BCUT2D eigenvalue weighted by Gasteiger charge is -2.05. The SMILES string of the molecule is CCNc1nn(C)c(=O)n1-c1ccc(F)cc1. The molecule has 0 bridgehead atoms. The minimum Gasteiger partial charge on any atom is -0.354 e. The molecule has 2 aromatic rings. The first kappa shape index (κ1) is 11.4. The van der Waals surface area contributed by atoms with Gasteiger partial charge >= 0.3 is 5.69 Å². The van der Waals surface area contributed by atoms with Crippen molar-refractivity contribution >= 4 is 5.95 Å². The van der Waals surface area contributed by atoms with E-state index in [4.69, 9.17) is 0 Å². The highest BCUT2D eigenvalue weighted by Crippen LogP contribution is 2.11.